The van der Waals surface area contributed by atoms with Gasteiger partial charge in [0.25, 0.3) is 0 Å². The SMILES string of the molecule is COc1cc(N2CCN3[C@@H](CCC[C@@H]3c3ccc(OCCCn4ccccc4=O)c(C)c3C)C2)ccc1Cl. The maximum Gasteiger partial charge on any atom is 0.250 e. The number of piperidine rings is 1. The number of ether oxygens (including phenoxy) is 2. The number of anilines is 1. The first-order valence-electron chi connectivity index (χ1n) is 13.7. The number of aromatic nitrogens is 1. The maximum atomic E-state index is 11.9. The van der Waals surface area contributed by atoms with Gasteiger partial charge in [0, 0.05) is 62.3 Å². The van der Waals surface area contributed by atoms with Gasteiger partial charge in [-0.3, -0.25) is 9.69 Å². The Balaban J connectivity index is 1.24. The normalized spacial score (nSPS) is 19.7. The van der Waals surface area contributed by atoms with Crippen LogP contribution in [0.3, 0.4) is 0 Å². The molecular formula is C31H38ClN3O3. The number of halogens is 1. The van der Waals surface area contributed by atoms with Gasteiger partial charge in [0.05, 0.1) is 18.7 Å². The molecule has 202 valence electrons. The first kappa shape index (κ1) is 26.6. The average Bonchev–Trinajstić information content (AvgIpc) is 2.94. The predicted octanol–water partition coefficient (Wildman–Crippen LogP) is 6.01. The topological polar surface area (TPSA) is 46.9 Å². The molecule has 1 aromatic heterocycles. The van der Waals surface area contributed by atoms with Crippen molar-refractivity contribution in [2.24, 2.45) is 0 Å². The quantitative estimate of drug-likeness (QED) is 0.330. The van der Waals surface area contributed by atoms with E-state index in [9.17, 15) is 4.79 Å². The lowest BCUT2D eigenvalue weighted by atomic mass is 9.86. The standard InChI is InChI=1S/C31H38ClN3O3/c1-22-23(2)29(38-19-7-16-33-15-5-4-10-31(33)36)14-12-26(22)28-9-6-8-25-21-34(17-18-35(25)28)24-11-13-27(32)30(20-24)37-3/h4-5,10-15,20,25,28H,6-9,16-19,21H2,1-3H3/t25-,28+/m0/s1. The number of piperazine rings is 1. The first-order chi connectivity index (χ1) is 18.5. The molecule has 0 aliphatic carbocycles. The fourth-order valence-electron chi connectivity index (χ4n) is 6.06. The Labute approximate surface area is 230 Å². The van der Waals surface area contributed by atoms with E-state index < -0.39 is 0 Å². The summed E-state index contributed by atoms with van der Waals surface area (Å²) in [5.74, 6) is 1.68. The molecular weight excluding hydrogens is 498 g/mol. The molecule has 7 heteroatoms. The number of benzene rings is 2. The van der Waals surface area contributed by atoms with Crippen LogP contribution in [0.2, 0.25) is 5.02 Å². The third-order valence-electron chi connectivity index (χ3n) is 8.28. The lowest BCUT2D eigenvalue weighted by Crippen LogP contribution is -2.56. The molecule has 2 aromatic carbocycles. The summed E-state index contributed by atoms with van der Waals surface area (Å²) in [5, 5.41) is 0.651. The van der Waals surface area contributed by atoms with Gasteiger partial charge < -0.3 is 18.9 Å². The molecule has 2 aliphatic heterocycles. The van der Waals surface area contributed by atoms with Gasteiger partial charge in [-0.1, -0.05) is 23.7 Å². The monoisotopic (exact) mass is 535 g/mol. The molecule has 3 aromatic rings. The van der Waals surface area contributed by atoms with Crippen molar-refractivity contribution in [2.75, 3.05) is 38.3 Å². The van der Waals surface area contributed by atoms with Gasteiger partial charge >= 0.3 is 0 Å². The summed E-state index contributed by atoms with van der Waals surface area (Å²) in [4.78, 5) is 17.1. The largest absolute Gasteiger partial charge is 0.495 e. The Morgan fingerprint density at radius 2 is 1.87 bits per heavy atom. The summed E-state index contributed by atoms with van der Waals surface area (Å²) in [6.07, 6.45) is 6.27. The number of pyridine rings is 1. The molecule has 2 fully saturated rings. The molecule has 5 rings (SSSR count). The third kappa shape index (κ3) is 5.57. The Kier molecular flexibility index (Phi) is 8.29. The summed E-state index contributed by atoms with van der Waals surface area (Å²) < 4.78 is 13.3. The van der Waals surface area contributed by atoms with Crippen molar-refractivity contribution < 1.29 is 9.47 Å². The highest BCUT2D eigenvalue weighted by Crippen LogP contribution is 2.40. The molecule has 0 bridgehead atoms. The lowest BCUT2D eigenvalue weighted by molar-refractivity contribution is 0.0712. The molecule has 2 atom stereocenters. The second kappa shape index (κ2) is 11.8. The second-order valence-corrected chi connectivity index (χ2v) is 10.8. The fourth-order valence-corrected chi connectivity index (χ4v) is 6.25. The summed E-state index contributed by atoms with van der Waals surface area (Å²) >= 11 is 6.27. The highest BCUT2D eigenvalue weighted by atomic mass is 35.5. The molecule has 0 N–H and O–H groups in total. The van der Waals surface area contributed by atoms with Crippen LogP contribution in [-0.4, -0.2) is 48.9 Å². The Bertz CT molecular complexity index is 1320. The van der Waals surface area contributed by atoms with E-state index in [4.69, 9.17) is 21.1 Å². The van der Waals surface area contributed by atoms with Gasteiger partial charge in [0.2, 0.25) is 5.56 Å². The fraction of sp³-hybridized carbons (Fsp3) is 0.452. The van der Waals surface area contributed by atoms with Crippen molar-refractivity contribution in [1.82, 2.24) is 9.47 Å². The summed E-state index contributed by atoms with van der Waals surface area (Å²) in [5.41, 5.74) is 5.18. The molecule has 0 amide bonds. The second-order valence-electron chi connectivity index (χ2n) is 10.4. The van der Waals surface area contributed by atoms with E-state index in [-0.39, 0.29) is 5.56 Å². The van der Waals surface area contributed by atoms with Crippen LogP contribution in [0.5, 0.6) is 11.5 Å². The van der Waals surface area contributed by atoms with E-state index in [1.807, 2.05) is 18.3 Å². The first-order valence-corrected chi connectivity index (χ1v) is 14.1. The van der Waals surface area contributed by atoms with Crippen LogP contribution in [0, 0.1) is 13.8 Å². The van der Waals surface area contributed by atoms with Crippen molar-refractivity contribution in [1.29, 1.82) is 0 Å². The number of fused-ring (bicyclic) bond motifs is 1. The summed E-state index contributed by atoms with van der Waals surface area (Å²) in [6.45, 7) is 8.70. The number of methoxy groups -OCH3 is 1. The van der Waals surface area contributed by atoms with E-state index in [0.29, 0.717) is 30.3 Å². The molecule has 6 nitrogen and oxygen atoms in total. The van der Waals surface area contributed by atoms with Crippen LogP contribution in [0.4, 0.5) is 5.69 Å². The van der Waals surface area contributed by atoms with E-state index >= 15 is 0 Å². The third-order valence-corrected chi connectivity index (χ3v) is 8.59. The molecule has 0 saturated carbocycles. The van der Waals surface area contributed by atoms with Crippen LogP contribution < -0.4 is 19.9 Å². The zero-order chi connectivity index (χ0) is 26.6. The van der Waals surface area contributed by atoms with Gasteiger partial charge in [-0.25, -0.2) is 0 Å². The van der Waals surface area contributed by atoms with E-state index in [1.54, 1.807) is 23.8 Å². The maximum absolute atomic E-state index is 11.9. The van der Waals surface area contributed by atoms with Crippen LogP contribution in [0.1, 0.15) is 48.4 Å². The predicted molar refractivity (Wildman–Crippen MR) is 154 cm³/mol. The van der Waals surface area contributed by atoms with Crippen molar-refractivity contribution in [3.8, 4) is 11.5 Å². The van der Waals surface area contributed by atoms with Crippen LogP contribution in [-0.2, 0) is 6.54 Å². The number of aryl methyl sites for hydroxylation is 1. The van der Waals surface area contributed by atoms with Crippen LogP contribution in [0.25, 0.3) is 0 Å². The molecule has 0 spiro atoms. The van der Waals surface area contributed by atoms with E-state index in [2.05, 4.69) is 47.9 Å². The van der Waals surface area contributed by atoms with E-state index in [0.717, 1.165) is 37.6 Å². The summed E-state index contributed by atoms with van der Waals surface area (Å²) in [6, 6.07) is 16.7. The van der Waals surface area contributed by atoms with E-state index in [1.165, 1.54) is 41.6 Å². The smallest absolute Gasteiger partial charge is 0.250 e. The summed E-state index contributed by atoms with van der Waals surface area (Å²) in [7, 11) is 1.67. The minimum absolute atomic E-state index is 0.0309. The van der Waals surface area contributed by atoms with Crippen molar-refractivity contribution in [3.05, 3.63) is 86.8 Å². The molecule has 2 saturated heterocycles. The number of hydrogen-bond acceptors (Lipinski definition) is 5. The van der Waals surface area contributed by atoms with Gasteiger partial charge in [0.1, 0.15) is 11.5 Å². The minimum atomic E-state index is 0.0309. The van der Waals surface area contributed by atoms with Crippen molar-refractivity contribution in [3.63, 3.8) is 0 Å². The number of rotatable bonds is 8. The highest BCUT2D eigenvalue weighted by Gasteiger charge is 2.36. The van der Waals surface area contributed by atoms with Crippen molar-refractivity contribution >= 4 is 17.3 Å². The lowest BCUT2D eigenvalue weighted by Gasteiger charge is -2.49. The molecule has 3 heterocycles. The highest BCUT2D eigenvalue weighted by molar-refractivity contribution is 6.32. The average molecular weight is 536 g/mol. The van der Waals surface area contributed by atoms with Gasteiger partial charge in [-0.2, -0.15) is 0 Å². The molecule has 0 radical (unpaired) electrons. The zero-order valence-corrected chi connectivity index (χ0v) is 23.4. The zero-order valence-electron chi connectivity index (χ0n) is 22.7. The minimum Gasteiger partial charge on any atom is -0.495 e. The van der Waals surface area contributed by atoms with Crippen LogP contribution in [0.15, 0.2) is 59.5 Å². The Morgan fingerprint density at radius 3 is 2.68 bits per heavy atom. The Hall–Kier alpha value is -2.96. The molecule has 0 unspecified atom stereocenters. The van der Waals surface area contributed by atoms with Crippen molar-refractivity contribution in [2.45, 2.75) is 58.2 Å². The molecule has 2 aliphatic rings. The van der Waals surface area contributed by atoms with Crippen LogP contribution >= 0.6 is 11.6 Å². The Morgan fingerprint density at radius 1 is 1.00 bits per heavy atom. The molecule has 38 heavy (non-hydrogen) atoms. The number of nitrogens with zero attached hydrogens (tertiary/aromatic N) is 3. The van der Waals surface area contributed by atoms with Gasteiger partial charge in [0.15, 0.2) is 0 Å². The number of hydrogen-bond donors (Lipinski definition) is 0. The van der Waals surface area contributed by atoms with Gasteiger partial charge in [-0.05, 0) is 80.5 Å². The van der Waals surface area contributed by atoms with Gasteiger partial charge in [-0.15, -0.1) is 0 Å².